The zero-order valence-corrected chi connectivity index (χ0v) is 22.6. The van der Waals surface area contributed by atoms with Gasteiger partial charge in [-0.3, -0.25) is 0 Å². The van der Waals surface area contributed by atoms with E-state index in [9.17, 15) is 13.2 Å². The van der Waals surface area contributed by atoms with Gasteiger partial charge >= 0.3 is 6.09 Å². The van der Waals surface area contributed by atoms with Gasteiger partial charge in [-0.2, -0.15) is 0 Å². The second-order valence-electron chi connectivity index (χ2n) is 8.62. The molecule has 1 heterocycles. The van der Waals surface area contributed by atoms with Gasteiger partial charge in [-0.05, 0) is 50.3 Å². The lowest BCUT2D eigenvalue weighted by molar-refractivity contribution is 0.144. The highest BCUT2D eigenvalue weighted by Crippen LogP contribution is 2.29. The molecule has 0 bridgehead atoms. The first-order valence-electron chi connectivity index (χ1n) is 12.1. The Bertz CT molecular complexity index is 1180. The van der Waals surface area contributed by atoms with Crippen molar-refractivity contribution in [1.82, 2.24) is 19.6 Å². The third kappa shape index (κ3) is 8.49. The van der Waals surface area contributed by atoms with E-state index in [1.807, 2.05) is 51.1 Å². The summed E-state index contributed by atoms with van der Waals surface area (Å²) < 4.78 is 34.7. The molecule has 2 aromatic rings. The number of imidazole rings is 1. The predicted molar refractivity (Wildman–Crippen MR) is 143 cm³/mol. The number of carbonyl (C=O) groups is 1. The SMILES string of the molecule is C=C(C)C(=CC(=CC)CNS(=O)(=O)c1cn(C)cn1)C(Cc1ccccc1)C(CC)NC(=O)OCC. The number of aromatic nitrogens is 2. The molecule has 8 nitrogen and oxygen atoms in total. The normalized spacial score (nSPS) is 14.2. The highest BCUT2D eigenvalue weighted by molar-refractivity contribution is 7.89. The maximum absolute atomic E-state index is 12.7. The third-order valence-corrected chi connectivity index (χ3v) is 7.12. The number of aryl methyl sites for hydroxylation is 1. The minimum Gasteiger partial charge on any atom is -0.450 e. The molecule has 0 aliphatic heterocycles. The van der Waals surface area contributed by atoms with Crippen LogP contribution in [0.5, 0.6) is 0 Å². The summed E-state index contributed by atoms with van der Waals surface area (Å²) in [7, 11) is -2.05. The maximum Gasteiger partial charge on any atom is 0.407 e. The highest BCUT2D eigenvalue weighted by Gasteiger charge is 2.27. The first-order valence-corrected chi connectivity index (χ1v) is 13.6. The van der Waals surface area contributed by atoms with E-state index < -0.39 is 16.1 Å². The summed E-state index contributed by atoms with van der Waals surface area (Å²) in [5, 5.41) is 2.98. The van der Waals surface area contributed by atoms with E-state index in [1.54, 1.807) is 18.5 Å². The van der Waals surface area contributed by atoms with Crippen LogP contribution in [0.3, 0.4) is 0 Å². The fraction of sp³-hybridized carbons (Fsp3) is 0.407. The Morgan fingerprint density at radius 3 is 2.47 bits per heavy atom. The maximum atomic E-state index is 12.7. The smallest absolute Gasteiger partial charge is 0.407 e. The summed E-state index contributed by atoms with van der Waals surface area (Å²) in [6, 6.07) is 9.83. The molecule has 2 N–H and O–H groups in total. The molecule has 1 aromatic carbocycles. The monoisotopic (exact) mass is 514 g/mol. The van der Waals surface area contributed by atoms with E-state index in [2.05, 4.69) is 33.7 Å². The molecule has 0 fully saturated rings. The second kappa shape index (κ2) is 13.8. The molecular formula is C27H38N4O4S. The molecule has 196 valence electrons. The molecule has 0 saturated heterocycles. The molecule has 2 rings (SSSR count). The lowest BCUT2D eigenvalue weighted by Crippen LogP contribution is -2.42. The molecule has 0 spiro atoms. The lowest BCUT2D eigenvalue weighted by atomic mass is 9.80. The summed E-state index contributed by atoms with van der Waals surface area (Å²) in [5.41, 5.74) is 3.67. The summed E-state index contributed by atoms with van der Waals surface area (Å²) in [6.45, 7) is 12.1. The molecule has 9 heteroatoms. The van der Waals surface area contributed by atoms with Crippen molar-refractivity contribution in [3.8, 4) is 0 Å². The number of sulfonamides is 1. The number of carbonyl (C=O) groups excluding carboxylic acids is 1. The van der Waals surface area contributed by atoms with E-state index in [0.29, 0.717) is 12.8 Å². The summed E-state index contributed by atoms with van der Waals surface area (Å²) in [6.07, 6.45) is 7.61. The Labute approximate surface area is 215 Å². The summed E-state index contributed by atoms with van der Waals surface area (Å²) in [5.74, 6) is -0.110. The number of nitrogens with one attached hydrogen (secondary N) is 2. The van der Waals surface area contributed by atoms with Gasteiger partial charge in [-0.25, -0.2) is 22.9 Å². The van der Waals surface area contributed by atoms with Crippen molar-refractivity contribution >= 4 is 16.1 Å². The van der Waals surface area contributed by atoms with Crippen LogP contribution in [-0.4, -0.2) is 43.3 Å². The van der Waals surface area contributed by atoms with E-state index in [-0.39, 0.29) is 30.1 Å². The highest BCUT2D eigenvalue weighted by atomic mass is 32.2. The topological polar surface area (TPSA) is 102 Å². The Hall–Kier alpha value is -3.17. The third-order valence-electron chi connectivity index (χ3n) is 5.83. The molecule has 0 aliphatic rings. The zero-order valence-electron chi connectivity index (χ0n) is 21.8. The largest absolute Gasteiger partial charge is 0.450 e. The summed E-state index contributed by atoms with van der Waals surface area (Å²) >= 11 is 0. The van der Waals surface area contributed by atoms with Gasteiger partial charge in [0.1, 0.15) is 0 Å². The van der Waals surface area contributed by atoms with E-state index in [1.165, 1.54) is 12.5 Å². The number of hydrogen-bond donors (Lipinski definition) is 2. The van der Waals surface area contributed by atoms with Crippen molar-refractivity contribution in [2.75, 3.05) is 13.2 Å². The number of hydrogen-bond acceptors (Lipinski definition) is 5. The van der Waals surface area contributed by atoms with Gasteiger partial charge in [0.2, 0.25) is 0 Å². The summed E-state index contributed by atoms with van der Waals surface area (Å²) in [4.78, 5) is 16.3. The van der Waals surface area contributed by atoms with Gasteiger partial charge in [-0.15, -0.1) is 0 Å². The van der Waals surface area contributed by atoms with Crippen molar-refractivity contribution < 1.29 is 17.9 Å². The Kier molecular flexibility index (Phi) is 11.1. The molecular weight excluding hydrogens is 476 g/mol. The van der Waals surface area contributed by atoms with Gasteiger partial charge in [0.15, 0.2) is 5.03 Å². The van der Waals surface area contributed by atoms with E-state index in [0.717, 1.165) is 22.3 Å². The van der Waals surface area contributed by atoms with Gasteiger partial charge in [0.25, 0.3) is 10.0 Å². The van der Waals surface area contributed by atoms with Crippen molar-refractivity contribution in [3.63, 3.8) is 0 Å². The van der Waals surface area contributed by atoms with Crippen LogP contribution >= 0.6 is 0 Å². The number of alkyl carbamates (subject to hydrolysis) is 1. The molecule has 2 unspecified atom stereocenters. The van der Waals surface area contributed by atoms with Crippen molar-refractivity contribution in [3.05, 3.63) is 83.9 Å². The van der Waals surface area contributed by atoms with Gasteiger partial charge in [-0.1, -0.05) is 61.6 Å². The van der Waals surface area contributed by atoms with Crippen LogP contribution in [0.1, 0.15) is 39.7 Å². The van der Waals surface area contributed by atoms with E-state index >= 15 is 0 Å². The molecule has 0 aliphatic carbocycles. The number of amides is 1. The van der Waals surface area contributed by atoms with Gasteiger partial charge in [0.05, 0.1) is 12.9 Å². The van der Waals surface area contributed by atoms with Crippen molar-refractivity contribution in [2.45, 2.75) is 51.6 Å². The Morgan fingerprint density at radius 1 is 1.25 bits per heavy atom. The fourth-order valence-electron chi connectivity index (χ4n) is 3.91. The molecule has 2 atom stereocenters. The first kappa shape index (κ1) is 29.1. The zero-order chi connectivity index (χ0) is 26.7. The lowest BCUT2D eigenvalue weighted by Gasteiger charge is -2.30. The second-order valence-corrected chi connectivity index (χ2v) is 10.3. The molecule has 1 aromatic heterocycles. The van der Waals surface area contributed by atoms with Crippen LogP contribution in [0.4, 0.5) is 4.79 Å². The number of allylic oxidation sites excluding steroid dienone is 2. The standard InChI is InChI=1S/C27H38N4O4S/c1-7-21(17-29-36(33,34)26-18-31(6)19-28-26)15-23(20(4)5)24(16-22-13-11-10-12-14-22)25(8-2)30-27(32)35-9-3/h7,10-15,18-19,24-25,29H,4,8-9,16-17H2,1-3,5-6H3,(H,30,32). The van der Waals surface area contributed by atoms with Crippen LogP contribution < -0.4 is 10.0 Å². The molecule has 0 radical (unpaired) electrons. The average Bonchev–Trinajstić information content (AvgIpc) is 3.29. The molecule has 1 amide bonds. The van der Waals surface area contributed by atoms with Crippen molar-refractivity contribution in [1.29, 1.82) is 0 Å². The van der Waals surface area contributed by atoms with Crippen LogP contribution in [0.2, 0.25) is 0 Å². The predicted octanol–water partition coefficient (Wildman–Crippen LogP) is 4.53. The van der Waals surface area contributed by atoms with Gasteiger partial charge < -0.3 is 14.6 Å². The average molecular weight is 515 g/mol. The van der Waals surface area contributed by atoms with Crippen LogP contribution in [0, 0.1) is 5.92 Å². The number of ether oxygens (including phenoxy) is 1. The number of rotatable bonds is 13. The number of benzene rings is 1. The fourth-order valence-corrected chi connectivity index (χ4v) is 4.91. The van der Waals surface area contributed by atoms with Crippen LogP contribution in [-0.2, 0) is 28.2 Å². The Balaban J connectivity index is 2.39. The minimum atomic E-state index is -3.76. The van der Waals surface area contributed by atoms with Crippen LogP contribution in [0.15, 0.2) is 83.3 Å². The first-order chi connectivity index (χ1) is 17.1. The molecule has 0 saturated carbocycles. The molecule has 36 heavy (non-hydrogen) atoms. The Morgan fingerprint density at radius 2 is 1.94 bits per heavy atom. The van der Waals surface area contributed by atoms with Gasteiger partial charge in [0, 0.05) is 31.7 Å². The minimum absolute atomic E-state index is 0.0313. The quantitative estimate of drug-likeness (QED) is 0.382. The van der Waals surface area contributed by atoms with E-state index in [4.69, 9.17) is 4.74 Å². The number of nitrogens with zero attached hydrogens (tertiary/aromatic N) is 2. The van der Waals surface area contributed by atoms with Crippen molar-refractivity contribution in [2.24, 2.45) is 13.0 Å². The van der Waals surface area contributed by atoms with Crippen LogP contribution in [0.25, 0.3) is 0 Å².